The summed E-state index contributed by atoms with van der Waals surface area (Å²) in [6.07, 6.45) is 2.54. The standard InChI is InChI=1S/C27H22N2O3/c30-26(17-19-8-10-21(11-9-19)20-5-2-1-3-6-20)28-23-12-13-24-22(18-23)14-15-29(24)27(31)25-7-4-16-32-25/h1-13,16,18H,14-15,17H2,(H,28,30). The van der Waals surface area contributed by atoms with Gasteiger partial charge in [0.15, 0.2) is 5.76 Å². The number of hydrogen-bond acceptors (Lipinski definition) is 3. The topological polar surface area (TPSA) is 62.6 Å². The van der Waals surface area contributed by atoms with Crippen LogP contribution in [0.25, 0.3) is 11.1 Å². The summed E-state index contributed by atoms with van der Waals surface area (Å²) in [6, 6.07) is 27.3. The maximum Gasteiger partial charge on any atom is 0.293 e. The van der Waals surface area contributed by atoms with Crippen LogP contribution in [0.4, 0.5) is 11.4 Å². The molecule has 1 aliphatic heterocycles. The van der Waals surface area contributed by atoms with Crippen molar-refractivity contribution in [1.82, 2.24) is 0 Å². The highest BCUT2D eigenvalue weighted by Crippen LogP contribution is 2.31. The van der Waals surface area contributed by atoms with E-state index in [1.807, 2.05) is 60.7 Å². The van der Waals surface area contributed by atoms with Crippen molar-refractivity contribution in [2.24, 2.45) is 0 Å². The first-order valence-electron chi connectivity index (χ1n) is 10.6. The molecule has 32 heavy (non-hydrogen) atoms. The first-order chi connectivity index (χ1) is 15.7. The number of amides is 2. The van der Waals surface area contributed by atoms with Crippen LogP contribution in [0.15, 0.2) is 95.6 Å². The number of carbonyl (C=O) groups is 2. The summed E-state index contributed by atoms with van der Waals surface area (Å²) in [4.78, 5) is 26.9. The van der Waals surface area contributed by atoms with Crippen LogP contribution in [0.1, 0.15) is 21.7 Å². The predicted molar refractivity (Wildman–Crippen MR) is 125 cm³/mol. The number of carbonyl (C=O) groups excluding carboxylic acids is 2. The molecule has 0 aliphatic carbocycles. The lowest BCUT2D eigenvalue weighted by atomic mass is 10.0. The van der Waals surface area contributed by atoms with Crippen LogP contribution in [0.2, 0.25) is 0 Å². The highest BCUT2D eigenvalue weighted by atomic mass is 16.3. The lowest BCUT2D eigenvalue weighted by Gasteiger charge is -2.16. The van der Waals surface area contributed by atoms with E-state index in [1.165, 1.54) is 6.26 Å². The van der Waals surface area contributed by atoms with Crippen LogP contribution >= 0.6 is 0 Å². The molecule has 0 saturated carbocycles. The van der Waals surface area contributed by atoms with Crippen LogP contribution < -0.4 is 10.2 Å². The monoisotopic (exact) mass is 422 g/mol. The molecule has 5 heteroatoms. The fourth-order valence-electron chi connectivity index (χ4n) is 4.06. The summed E-state index contributed by atoms with van der Waals surface area (Å²) >= 11 is 0. The van der Waals surface area contributed by atoms with Crippen molar-refractivity contribution in [3.63, 3.8) is 0 Å². The number of hydrogen-bond donors (Lipinski definition) is 1. The van der Waals surface area contributed by atoms with E-state index in [-0.39, 0.29) is 11.8 Å². The zero-order valence-corrected chi connectivity index (χ0v) is 17.5. The van der Waals surface area contributed by atoms with Gasteiger partial charge in [-0.1, -0.05) is 54.6 Å². The van der Waals surface area contributed by atoms with E-state index >= 15 is 0 Å². The van der Waals surface area contributed by atoms with Crippen molar-refractivity contribution in [3.8, 4) is 11.1 Å². The molecule has 2 amide bonds. The number of nitrogens with one attached hydrogen (secondary N) is 1. The molecule has 1 N–H and O–H groups in total. The molecule has 5 rings (SSSR count). The molecule has 3 aromatic carbocycles. The van der Waals surface area contributed by atoms with E-state index < -0.39 is 0 Å². The van der Waals surface area contributed by atoms with Crippen molar-refractivity contribution in [1.29, 1.82) is 0 Å². The molecular formula is C27H22N2O3. The van der Waals surface area contributed by atoms with Crippen LogP contribution in [-0.4, -0.2) is 18.4 Å². The Bertz CT molecular complexity index is 1250. The Hall–Kier alpha value is -4.12. The lowest BCUT2D eigenvalue weighted by molar-refractivity contribution is -0.115. The third-order valence-corrected chi connectivity index (χ3v) is 5.66. The number of furan rings is 1. The minimum Gasteiger partial charge on any atom is -0.459 e. The van der Waals surface area contributed by atoms with E-state index in [1.54, 1.807) is 17.0 Å². The third kappa shape index (κ3) is 4.05. The maximum absolute atomic E-state index is 12.6. The molecule has 0 bridgehead atoms. The number of rotatable bonds is 5. The molecule has 0 fully saturated rings. The van der Waals surface area contributed by atoms with Crippen molar-refractivity contribution in [3.05, 3.63) is 108 Å². The Morgan fingerprint density at radius 1 is 0.875 bits per heavy atom. The largest absolute Gasteiger partial charge is 0.459 e. The quantitative estimate of drug-likeness (QED) is 0.473. The molecule has 1 aromatic heterocycles. The van der Waals surface area contributed by atoms with Gasteiger partial charge in [-0.15, -0.1) is 0 Å². The van der Waals surface area contributed by atoms with Gasteiger partial charge in [0, 0.05) is 17.9 Å². The molecule has 5 nitrogen and oxygen atoms in total. The van der Waals surface area contributed by atoms with Gasteiger partial charge in [-0.3, -0.25) is 9.59 Å². The van der Waals surface area contributed by atoms with Gasteiger partial charge in [0.1, 0.15) is 0 Å². The fraction of sp³-hybridized carbons (Fsp3) is 0.111. The second-order valence-corrected chi connectivity index (χ2v) is 7.82. The Morgan fingerprint density at radius 2 is 1.66 bits per heavy atom. The number of benzene rings is 3. The third-order valence-electron chi connectivity index (χ3n) is 5.66. The molecule has 4 aromatic rings. The molecule has 158 valence electrons. The zero-order valence-electron chi connectivity index (χ0n) is 17.5. The molecule has 0 atom stereocenters. The lowest BCUT2D eigenvalue weighted by Crippen LogP contribution is -2.28. The Labute approximate surface area is 186 Å². The molecule has 0 unspecified atom stereocenters. The van der Waals surface area contributed by atoms with Crippen molar-refractivity contribution in [2.75, 3.05) is 16.8 Å². The van der Waals surface area contributed by atoms with Crippen molar-refractivity contribution >= 4 is 23.2 Å². The van der Waals surface area contributed by atoms with Crippen LogP contribution in [0.3, 0.4) is 0 Å². The minimum absolute atomic E-state index is 0.0704. The van der Waals surface area contributed by atoms with E-state index in [4.69, 9.17) is 4.42 Å². The van der Waals surface area contributed by atoms with Gasteiger partial charge in [0.25, 0.3) is 5.91 Å². The van der Waals surface area contributed by atoms with Crippen molar-refractivity contribution < 1.29 is 14.0 Å². The summed E-state index contributed by atoms with van der Waals surface area (Å²) < 4.78 is 5.24. The maximum atomic E-state index is 12.6. The highest BCUT2D eigenvalue weighted by Gasteiger charge is 2.27. The number of anilines is 2. The Morgan fingerprint density at radius 3 is 2.41 bits per heavy atom. The molecule has 0 saturated heterocycles. The first-order valence-corrected chi connectivity index (χ1v) is 10.6. The van der Waals surface area contributed by atoms with E-state index in [0.29, 0.717) is 18.7 Å². The van der Waals surface area contributed by atoms with Crippen LogP contribution in [0, 0.1) is 0 Å². The van der Waals surface area contributed by atoms with Crippen LogP contribution in [0.5, 0.6) is 0 Å². The smallest absolute Gasteiger partial charge is 0.293 e. The summed E-state index contributed by atoms with van der Waals surface area (Å²) in [5.41, 5.74) is 5.87. The average molecular weight is 422 g/mol. The van der Waals surface area contributed by atoms with Crippen molar-refractivity contribution in [2.45, 2.75) is 12.8 Å². The summed E-state index contributed by atoms with van der Waals surface area (Å²) in [5.74, 6) is 0.108. The molecule has 2 heterocycles. The normalized spacial score (nSPS) is 12.4. The first kappa shape index (κ1) is 19.8. The Kier molecular flexibility index (Phi) is 5.30. The highest BCUT2D eigenvalue weighted by molar-refractivity contribution is 6.05. The summed E-state index contributed by atoms with van der Waals surface area (Å²) in [5, 5.41) is 2.98. The van der Waals surface area contributed by atoms with E-state index in [0.717, 1.165) is 40.0 Å². The van der Waals surface area contributed by atoms with Gasteiger partial charge in [0.05, 0.1) is 12.7 Å². The van der Waals surface area contributed by atoms with Crippen LogP contribution in [-0.2, 0) is 17.6 Å². The summed E-state index contributed by atoms with van der Waals surface area (Å²) in [6.45, 7) is 0.597. The SMILES string of the molecule is O=C(Cc1ccc(-c2ccccc2)cc1)Nc1ccc2c(c1)CCN2C(=O)c1ccco1. The molecular weight excluding hydrogens is 400 g/mol. The second-order valence-electron chi connectivity index (χ2n) is 7.82. The predicted octanol–water partition coefficient (Wildman–Crippen LogP) is 5.33. The molecule has 0 spiro atoms. The number of nitrogens with zero attached hydrogens (tertiary/aromatic N) is 1. The summed E-state index contributed by atoms with van der Waals surface area (Å²) in [7, 11) is 0. The molecule has 1 aliphatic rings. The van der Waals surface area contributed by atoms with Gasteiger partial charge in [0.2, 0.25) is 5.91 Å². The van der Waals surface area contributed by atoms with E-state index in [2.05, 4.69) is 17.4 Å². The minimum atomic E-state index is -0.149. The second kappa shape index (κ2) is 8.55. The van der Waals surface area contributed by atoms with Gasteiger partial charge in [-0.05, 0) is 59.0 Å². The number of fused-ring (bicyclic) bond motifs is 1. The fourth-order valence-corrected chi connectivity index (χ4v) is 4.06. The van der Waals surface area contributed by atoms with Gasteiger partial charge >= 0.3 is 0 Å². The van der Waals surface area contributed by atoms with Gasteiger partial charge in [-0.25, -0.2) is 0 Å². The Balaban J connectivity index is 1.23. The van der Waals surface area contributed by atoms with E-state index in [9.17, 15) is 9.59 Å². The zero-order chi connectivity index (χ0) is 21.9. The average Bonchev–Trinajstić information content (AvgIpc) is 3.50. The molecule has 0 radical (unpaired) electrons. The van der Waals surface area contributed by atoms with Gasteiger partial charge in [-0.2, -0.15) is 0 Å². The van der Waals surface area contributed by atoms with Gasteiger partial charge < -0.3 is 14.6 Å².